The summed E-state index contributed by atoms with van der Waals surface area (Å²) in [4.78, 5) is 8.54. The standard InChI is InChI=1S/C14H18N4O/c1-3-19-14-8-13(16-10(2)17-14)18-12-6-4-5-11(7-12)9-15/h4-8H,3,9,15H2,1-2H3,(H,16,17,18). The minimum absolute atomic E-state index is 0.516. The monoisotopic (exact) mass is 258 g/mol. The molecule has 5 heteroatoms. The third kappa shape index (κ3) is 3.66. The Balaban J connectivity index is 2.22. The Morgan fingerprint density at radius 3 is 2.84 bits per heavy atom. The fourth-order valence-corrected chi connectivity index (χ4v) is 1.75. The normalized spacial score (nSPS) is 10.3. The number of rotatable bonds is 5. The van der Waals surface area contributed by atoms with E-state index < -0.39 is 0 Å². The number of hydrogen-bond donors (Lipinski definition) is 2. The Kier molecular flexibility index (Phi) is 4.30. The summed E-state index contributed by atoms with van der Waals surface area (Å²) < 4.78 is 5.40. The molecule has 1 aromatic carbocycles. The van der Waals surface area contributed by atoms with Gasteiger partial charge in [0.25, 0.3) is 0 Å². The van der Waals surface area contributed by atoms with Crippen molar-refractivity contribution in [1.82, 2.24) is 9.97 Å². The number of anilines is 2. The zero-order valence-electron chi connectivity index (χ0n) is 11.2. The van der Waals surface area contributed by atoms with E-state index in [1.165, 1.54) is 0 Å². The number of ether oxygens (including phenoxy) is 1. The topological polar surface area (TPSA) is 73.1 Å². The molecule has 5 nitrogen and oxygen atoms in total. The SMILES string of the molecule is CCOc1cc(Nc2cccc(CN)c2)nc(C)n1. The summed E-state index contributed by atoms with van der Waals surface area (Å²) >= 11 is 0. The molecule has 0 aliphatic carbocycles. The summed E-state index contributed by atoms with van der Waals surface area (Å²) in [5, 5.41) is 3.23. The third-order valence-electron chi connectivity index (χ3n) is 2.54. The summed E-state index contributed by atoms with van der Waals surface area (Å²) in [7, 11) is 0. The van der Waals surface area contributed by atoms with Crippen molar-refractivity contribution in [3.05, 3.63) is 41.7 Å². The summed E-state index contributed by atoms with van der Waals surface area (Å²) in [5.74, 6) is 1.96. The van der Waals surface area contributed by atoms with E-state index in [4.69, 9.17) is 10.5 Å². The van der Waals surface area contributed by atoms with Gasteiger partial charge < -0.3 is 15.8 Å². The zero-order valence-corrected chi connectivity index (χ0v) is 11.2. The molecule has 0 unspecified atom stereocenters. The van der Waals surface area contributed by atoms with Gasteiger partial charge in [0.05, 0.1) is 6.61 Å². The van der Waals surface area contributed by atoms with Crippen LogP contribution in [0.1, 0.15) is 18.3 Å². The first-order chi connectivity index (χ1) is 9.21. The molecule has 0 aliphatic rings. The molecule has 2 aromatic rings. The Morgan fingerprint density at radius 1 is 1.26 bits per heavy atom. The first-order valence-electron chi connectivity index (χ1n) is 6.25. The van der Waals surface area contributed by atoms with E-state index in [1.54, 1.807) is 6.07 Å². The fraction of sp³-hybridized carbons (Fsp3) is 0.286. The molecule has 0 atom stereocenters. The Hall–Kier alpha value is -2.14. The summed E-state index contributed by atoms with van der Waals surface area (Å²) in [5.41, 5.74) is 7.64. The Morgan fingerprint density at radius 2 is 2.11 bits per heavy atom. The first kappa shape index (κ1) is 13.3. The second-order valence-electron chi connectivity index (χ2n) is 4.10. The fourth-order valence-electron chi connectivity index (χ4n) is 1.75. The van der Waals surface area contributed by atoms with Crippen molar-refractivity contribution in [2.75, 3.05) is 11.9 Å². The molecule has 0 saturated carbocycles. The lowest BCUT2D eigenvalue weighted by molar-refractivity contribution is 0.325. The van der Waals surface area contributed by atoms with Crippen LogP contribution in [0.4, 0.5) is 11.5 Å². The molecule has 0 spiro atoms. The lowest BCUT2D eigenvalue weighted by atomic mass is 10.2. The van der Waals surface area contributed by atoms with E-state index in [0.29, 0.717) is 30.7 Å². The highest BCUT2D eigenvalue weighted by molar-refractivity contribution is 5.57. The number of aryl methyl sites for hydroxylation is 1. The van der Waals surface area contributed by atoms with Gasteiger partial charge in [-0.05, 0) is 31.5 Å². The molecule has 2 rings (SSSR count). The predicted octanol–water partition coefficient (Wildman–Crippen LogP) is 2.39. The molecule has 0 bridgehead atoms. The van der Waals surface area contributed by atoms with Crippen molar-refractivity contribution in [1.29, 1.82) is 0 Å². The van der Waals surface area contributed by atoms with E-state index in [9.17, 15) is 0 Å². The third-order valence-corrected chi connectivity index (χ3v) is 2.54. The average molecular weight is 258 g/mol. The van der Waals surface area contributed by atoms with Crippen LogP contribution in [0, 0.1) is 6.92 Å². The van der Waals surface area contributed by atoms with Crippen LogP contribution in [0.2, 0.25) is 0 Å². The van der Waals surface area contributed by atoms with Gasteiger partial charge in [-0.25, -0.2) is 4.98 Å². The van der Waals surface area contributed by atoms with Gasteiger partial charge in [-0.15, -0.1) is 0 Å². The molecule has 0 aliphatic heterocycles. The predicted molar refractivity (Wildman–Crippen MR) is 75.6 cm³/mol. The van der Waals surface area contributed by atoms with Crippen molar-refractivity contribution in [2.45, 2.75) is 20.4 Å². The van der Waals surface area contributed by atoms with Gasteiger partial charge in [0, 0.05) is 18.3 Å². The molecule has 3 N–H and O–H groups in total. The summed E-state index contributed by atoms with van der Waals surface area (Å²) in [6.45, 7) is 4.86. The van der Waals surface area contributed by atoms with E-state index in [1.807, 2.05) is 38.1 Å². The van der Waals surface area contributed by atoms with Crippen LogP contribution in [0.25, 0.3) is 0 Å². The van der Waals surface area contributed by atoms with Crippen LogP contribution in [-0.2, 0) is 6.54 Å². The number of nitrogens with one attached hydrogen (secondary N) is 1. The molecular weight excluding hydrogens is 240 g/mol. The smallest absolute Gasteiger partial charge is 0.218 e. The second-order valence-corrected chi connectivity index (χ2v) is 4.10. The molecule has 0 radical (unpaired) electrons. The minimum atomic E-state index is 0.516. The Bertz CT molecular complexity index is 557. The lowest BCUT2D eigenvalue weighted by Gasteiger charge is -2.09. The number of nitrogens with zero attached hydrogens (tertiary/aromatic N) is 2. The minimum Gasteiger partial charge on any atom is -0.478 e. The highest BCUT2D eigenvalue weighted by Gasteiger charge is 2.03. The van der Waals surface area contributed by atoms with Crippen molar-refractivity contribution in [3.63, 3.8) is 0 Å². The zero-order chi connectivity index (χ0) is 13.7. The van der Waals surface area contributed by atoms with E-state index >= 15 is 0 Å². The van der Waals surface area contributed by atoms with Crippen LogP contribution in [0.15, 0.2) is 30.3 Å². The molecule has 1 heterocycles. The van der Waals surface area contributed by atoms with Crippen LogP contribution >= 0.6 is 0 Å². The van der Waals surface area contributed by atoms with Crippen molar-refractivity contribution in [3.8, 4) is 5.88 Å². The Labute approximate surface area is 112 Å². The van der Waals surface area contributed by atoms with Crippen LogP contribution in [0.3, 0.4) is 0 Å². The summed E-state index contributed by atoms with van der Waals surface area (Å²) in [6.07, 6.45) is 0. The van der Waals surface area contributed by atoms with E-state index in [-0.39, 0.29) is 0 Å². The number of benzene rings is 1. The molecule has 0 saturated heterocycles. The molecule has 0 amide bonds. The second kappa shape index (κ2) is 6.15. The summed E-state index contributed by atoms with van der Waals surface area (Å²) in [6, 6.07) is 9.70. The number of nitrogens with two attached hydrogens (primary N) is 1. The van der Waals surface area contributed by atoms with Gasteiger partial charge in [-0.2, -0.15) is 4.98 Å². The lowest BCUT2D eigenvalue weighted by Crippen LogP contribution is -2.02. The highest BCUT2D eigenvalue weighted by Crippen LogP contribution is 2.19. The quantitative estimate of drug-likeness (QED) is 0.861. The van der Waals surface area contributed by atoms with Gasteiger partial charge >= 0.3 is 0 Å². The maximum Gasteiger partial charge on any atom is 0.218 e. The first-order valence-corrected chi connectivity index (χ1v) is 6.25. The van der Waals surface area contributed by atoms with Crippen molar-refractivity contribution in [2.24, 2.45) is 5.73 Å². The van der Waals surface area contributed by atoms with Crippen molar-refractivity contribution < 1.29 is 4.74 Å². The van der Waals surface area contributed by atoms with Gasteiger partial charge in [0.1, 0.15) is 11.6 Å². The number of aromatic nitrogens is 2. The van der Waals surface area contributed by atoms with Gasteiger partial charge in [0.15, 0.2) is 0 Å². The maximum absolute atomic E-state index is 5.63. The molecule has 19 heavy (non-hydrogen) atoms. The van der Waals surface area contributed by atoms with Crippen LogP contribution in [0.5, 0.6) is 5.88 Å². The van der Waals surface area contributed by atoms with Gasteiger partial charge in [0.2, 0.25) is 5.88 Å². The average Bonchev–Trinajstić information content (AvgIpc) is 2.38. The van der Waals surface area contributed by atoms with Gasteiger partial charge in [-0.3, -0.25) is 0 Å². The molecular formula is C14H18N4O. The highest BCUT2D eigenvalue weighted by atomic mass is 16.5. The van der Waals surface area contributed by atoms with E-state index in [2.05, 4.69) is 15.3 Å². The van der Waals surface area contributed by atoms with Crippen LogP contribution in [-0.4, -0.2) is 16.6 Å². The van der Waals surface area contributed by atoms with Crippen LogP contribution < -0.4 is 15.8 Å². The molecule has 1 aromatic heterocycles. The van der Waals surface area contributed by atoms with E-state index in [0.717, 1.165) is 11.3 Å². The largest absolute Gasteiger partial charge is 0.478 e. The number of hydrogen-bond acceptors (Lipinski definition) is 5. The maximum atomic E-state index is 5.63. The molecule has 0 fully saturated rings. The van der Waals surface area contributed by atoms with Crippen molar-refractivity contribution >= 4 is 11.5 Å². The molecule has 100 valence electrons. The van der Waals surface area contributed by atoms with Gasteiger partial charge in [-0.1, -0.05) is 12.1 Å².